The smallest absolute Gasteiger partial charge is 0.323 e. The van der Waals surface area contributed by atoms with Crippen molar-refractivity contribution in [3.8, 4) is 0 Å². The van der Waals surface area contributed by atoms with Gasteiger partial charge in [0, 0.05) is 40.2 Å². The average Bonchev–Trinajstić information content (AvgIpc) is 3.46. The summed E-state index contributed by atoms with van der Waals surface area (Å²) in [6, 6.07) is 19.0. The molecule has 7 nitrogen and oxygen atoms in total. The van der Waals surface area contributed by atoms with Crippen molar-refractivity contribution in [1.82, 2.24) is 4.98 Å². The molecule has 36 heavy (non-hydrogen) atoms. The van der Waals surface area contributed by atoms with Gasteiger partial charge < -0.3 is 26.3 Å². The SMILES string of the molecule is Cc1cc(NC(=O)Nc2ccc(C)c(Nc3ccc4c(c3)NC(=O)C4=Cc3ccc[nH]3)c2)ccc1F. The monoisotopic (exact) mass is 481 g/mol. The number of H-pyrrole nitrogens is 1. The maximum Gasteiger partial charge on any atom is 0.323 e. The average molecular weight is 482 g/mol. The number of anilines is 5. The van der Waals surface area contributed by atoms with Gasteiger partial charge in [-0.15, -0.1) is 0 Å². The van der Waals surface area contributed by atoms with E-state index in [4.69, 9.17) is 0 Å². The van der Waals surface area contributed by atoms with Gasteiger partial charge in [0.1, 0.15) is 5.82 Å². The maximum absolute atomic E-state index is 13.5. The number of rotatable bonds is 5. The number of amides is 3. The molecule has 0 saturated carbocycles. The van der Waals surface area contributed by atoms with Crippen LogP contribution < -0.4 is 21.3 Å². The molecule has 1 aliphatic rings. The molecule has 0 spiro atoms. The Hall–Kier alpha value is -4.85. The molecule has 0 aliphatic carbocycles. The minimum atomic E-state index is -0.433. The predicted molar refractivity (Wildman–Crippen MR) is 142 cm³/mol. The van der Waals surface area contributed by atoms with E-state index in [0.717, 1.165) is 33.9 Å². The van der Waals surface area contributed by atoms with Gasteiger partial charge in [-0.25, -0.2) is 9.18 Å². The molecule has 0 radical (unpaired) electrons. The largest absolute Gasteiger partial charge is 0.362 e. The van der Waals surface area contributed by atoms with Crippen molar-refractivity contribution >= 4 is 52.0 Å². The van der Waals surface area contributed by atoms with Crippen LogP contribution in [-0.2, 0) is 4.79 Å². The zero-order valence-electron chi connectivity index (χ0n) is 19.7. The summed E-state index contributed by atoms with van der Waals surface area (Å²) in [6.07, 6.45) is 3.64. The third kappa shape index (κ3) is 4.83. The van der Waals surface area contributed by atoms with Gasteiger partial charge in [0.05, 0.1) is 11.3 Å². The number of aromatic nitrogens is 1. The van der Waals surface area contributed by atoms with Crippen molar-refractivity contribution in [2.24, 2.45) is 0 Å². The van der Waals surface area contributed by atoms with Crippen LogP contribution in [0.5, 0.6) is 0 Å². The molecule has 5 N–H and O–H groups in total. The summed E-state index contributed by atoms with van der Waals surface area (Å²) in [4.78, 5) is 28.1. The molecule has 0 fully saturated rings. The minimum Gasteiger partial charge on any atom is -0.362 e. The number of benzene rings is 3. The van der Waals surface area contributed by atoms with Crippen molar-refractivity contribution in [2.45, 2.75) is 13.8 Å². The number of aromatic amines is 1. The van der Waals surface area contributed by atoms with Gasteiger partial charge >= 0.3 is 6.03 Å². The quantitative estimate of drug-likeness (QED) is 0.206. The number of hydrogen-bond donors (Lipinski definition) is 5. The van der Waals surface area contributed by atoms with Crippen LogP contribution >= 0.6 is 0 Å². The number of fused-ring (bicyclic) bond motifs is 1. The van der Waals surface area contributed by atoms with E-state index in [2.05, 4.69) is 26.3 Å². The van der Waals surface area contributed by atoms with Crippen molar-refractivity contribution < 1.29 is 14.0 Å². The summed E-state index contributed by atoms with van der Waals surface area (Å²) in [6.45, 7) is 3.60. The zero-order chi connectivity index (χ0) is 25.2. The molecule has 180 valence electrons. The lowest BCUT2D eigenvalue weighted by atomic mass is 10.1. The van der Waals surface area contributed by atoms with Crippen LogP contribution in [0.2, 0.25) is 0 Å². The second-order valence-electron chi connectivity index (χ2n) is 8.60. The Kier molecular flexibility index (Phi) is 6.00. The minimum absolute atomic E-state index is 0.151. The molecule has 4 aromatic rings. The van der Waals surface area contributed by atoms with E-state index in [0.29, 0.717) is 22.5 Å². The lowest BCUT2D eigenvalue weighted by molar-refractivity contribution is -0.110. The summed E-state index contributed by atoms with van der Waals surface area (Å²) in [5.74, 6) is -0.476. The van der Waals surface area contributed by atoms with Gasteiger partial charge in [0.25, 0.3) is 5.91 Å². The molecule has 1 aliphatic heterocycles. The molecule has 3 aromatic carbocycles. The first-order valence-corrected chi connectivity index (χ1v) is 11.4. The normalized spacial score (nSPS) is 13.3. The topological polar surface area (TPSA) is 98.0 Å². The Balaban J connectivity index is 1.31. The standard InChI is InChI=1S/C28H24FN5O2/c1-16-5-6-21(33-28(36)32-19-8-10-24(29)17(2)12-19)14-25(16)31-20-7-9-22-23(13-18-4-3-11-30-18)27(35)34-26(22)15-20/h3-15,30-31H,1-2H3,(H,34,35)(H2,32,33,36). The third-order valence-corrected chi connectivity index (χ3v) is 5.91. The van der Waals surface area contributed by atoms with E-state index in [1.165, 1.54) is 12.1 Å². The summed E-state index contributed by atoms with van der Waals surface area (Å²) in [7, 11) is 0. The molecule has 0 unspecified atom stereocenters. The van der Waals surface area contributed by atoms with Gasteiger partial charge in [-0.05, 0) is 85.6 Å². The lowest BCUT2D eigenvalue weighted by Gasteiger charge is -2.14. The molecule has 0 atom stereocenters. The Morgan fingerprint density at radius 2 is 1.64 bits per heavy atom. The number of halogens is 1. The molecule has 5 rings (SSSR count). The lowest BCUT2D eigenvalue weighted by Crippen LogP contribution is -2.19. The first-order chi connectivity index (χ1) is 17.4. The van der Waals surface area contributed by atoms with Crippen molar-refractivity contribution in [3.05, 3.63) is 101 Å². The molecule has 1 aromatic heterocycles. The fourth-order valence-electron chi connectivity index (χ4n) is 4.01. The van der Waals surface area contributed by atoms with Crippen LogP contribution in [0.25, 0.3) is 11.6 Å². The number of nitrogens with one attached hydrogen (secondary N) is 5. The van der Waals surface area contributed by atoms with Gasteiger partial charge in [-0.2, -0.15) is 0 Å². The Labute approximate surface area is 207 Å². The first kappa shape index (κ1) is 22.9. The van der Waals surface area contributed by atoms with Crippen LogP contribution in [-0.4, -0.2) is 16.9 Å². The number of carbonyl (C=O) groups is 2. The number of urea groups is 1. The van der Waals surface area contributed by atoms with Crippen LogP contribution in [0, 0.1) is 19.7 Å². The van der Waals surface area contributed by atoms with Crippen molar-refractivity contribution in [2.75, 3.05) is 21.3 Å². The molecule has 8 heteroatoms. The molecular formula is C28H24FN5O2. The Bertz CT molecular complexity index is 1510. The first-order valence-electron chi connectivity index (χ1n) is 11.4. The van der Waals surface area contributed by atoms with Gasteiger partial charge in [-0.1, -0.05) is 12.1 Å². The number of aryl methyl sites for hydroxylation is 2. The highest BCUT2D eigenvalue weighted by atomic mass is 19.1. The van der Waals surface area contributed by atoms with E-state index in [9.17, 15) is 14.0 Å². The van der Waals surface area contributed by atoms with E-state index in [-0.39, 0.29) is 11.7 Å². The highest BCUT2D eigenvalue weighted by molar-refractivity contribution is 6.35. The molecule has 0 bridgehead atoms. The molecule has 3 amide bonds. The maximum atomic E-state index is 13.5. The predicted octanol–water partition coefficient (Wildman–Crippen LogP) is 6.65. The summed E-state index contributed by atoms with van der Waals surface area (Å²) in [5, 5.41) is 11.8. The van der Waals surface area contributed by atoms with Crippen molar-refractivity contribution in [1.29, 1.82) is 0 Å². The van der Waals surface area contributed by atoms with Crippen LogP contribution in [0.1, 0.15) is 22.4 Å². The third-order valence-electron chi connectivity index (χ3n) is 5.91. The fourth-order valence-corrected chi connectivity index (χ4v) is 4.01. The summed E-state index contributed by atoms with van der Waals surface area (Å²) >= 11 is 0. The summed E-state index contributed by atoms with van der Waals surface area (Å²) < 4.78 is 13.5. The van der Waals surface area contributed by atoms with Gasteiger partial charge in [0.15, 0.2) is 0 Å². The van der Waals surface area contributed by atoms with E-state index in [1.54, 1.807) is 19.1 Å². The second-order valence-corrected chi connectivity index (χ2v) is 8.60. The van der Waals surface area contributed by atoms with Crippen LogP contribution in [0.4, 0.5) is 37.6 Å². The van der Waals surface area contributed by atoms with Gasteiger partial charge in [-0.3, -0.25) is 4.79 Å². The second kappa shape index (κ2) is 9.42. The Morgan fingerprint density at radius 1 is 0.889 bits per heavy atom. The van der Waals surface area contributed by atoms with Gasteiger partial charge in [0.2, 0.25) is 0 Å². The molecule has 2 heterocycles. The Morgan fingerprint density at radius 3 is 2.39 bits per heavy atom. The highest BCUT2D eigenvalue weighted by Gasteiger charge is 2.24. The fraction of sp³-hybridized carbons (Fsp3) is 0.0714. The molecular weight excluding hydrogens is 457 g/mol. The molecule has 0 saturated heterocycles. The van der Waals surface area contributed by atoms with E-state index < -0.39 is 6.03 Å². The number of carbonyl (C=O) groups excluding carboxylic acids is 2. The van der Waals surface area contributed by atoms with Crippen LogP contribution in [0.3, 0.4) is 0 Å². The van der Waals surface area contributed by atoms with Crippen molar-refractivity contribution in [3.63, 3.8) is 0 Å². The van der Waals surface area contributed by atoms with E-state index >= 15 is 0 Å². The number of hydrogen-bond acceptors (Lipinski definition) is 3. The zero-order valence-corrected chi connectivity index (χ0v) is 19.7. The van der Waals surface area contributed by atoms with Crippen LogP contribution in [0.15, 0.2) is 72.9 Å². The van der Waals surface area contributed by atoms with E-state index in [1.807, 2.05) is 61.7 Å². The summed E-state index contributed by atoms with van der Waals surface area (Å²) in [5.41, 5.74) is 7.13. The highest BCUT2D eigenvalue weighted by Crippen LogP contribution is 2.36.